The SMILES string of the molecule is CCCCN1/C(=C/C2=C(C(=C=[N-])C#N)C(=C/c3oc4ccccc4[n+]3CCCC)/C2=O)Oc2ccccc21. The van der Waals surface area contributed by atoms with Crippen LogP contribution in [-0.2, 0) is 11.3 Å². The van der Waals surface area contributed by atoms with E-state index in [4.69, 9.17) is 9.15 Å². The van der Waals surface area contributed by atoms with E-state index < -0.39 is 0 Å². The summed E-state index contributed by atoms with van der Waals surface area (Å²) in [5.74, 6) is 3.44. The molecule has 0 saturated heterocycles. The van der Waals surface area contributed by atoms with Crippen LogP contribution in [0.25, 0.3) is 22.6 Å². The van der Waals surface area contributed by atoms with E-state index in [2.05, 4.69) is 13.8 Å². The number of nitrogens with zero attached hydrogens (tertiary/aromatic N) is 4. The molecule has 2 aliphatic rings. The van der Waals surface area contributed by atoms with E-state index in [-0.39, 0.29) is 22.5 Å². The Kier molecular flexibility index (Phi) is 7.08. The molecular weight excluding hydrogens is 476 g/mol. The normalized spacial score (nSPS) is 16.4. The first-order chi connectivity index (χ1) is 18.6. The average Bonchev–Trinajstić information content (AvgIpc) is 3.48. The highest BCUT2D eigenvalue weighted by Gasteiger charge is 2.38. The summed E-state index contributed by atoms with van der Waals surface area (Å²) in [5.41, 5.74) is 3.36. The highest BCUT2D eigenvalue weighted by molar-refractivity contribution is 6.26. The van der Waals surface area contributed by atoms with Crippen LogP contribution in [0, 0.1) is 11.3 Å². The number of hydrogen-bond donors (Lipinski definition) is 0. The van der Waals surface area contributed by atoms with Crippen molar-refractivity contribution in [1.29, 1.82) is 5.26 Å². The van der Waals surface area contributed by atoms with Gasteiger partial charge < -0.3 is 19.5 Å². The van der Waals surface area contributed by atoms with E-state index in [1.54, 1.807) is 12.2 Å². The number of unbranched alkanes of at least 4 members (excludes halogenated alkanes) is 2. The second kappa shape index (κ2) is 10.8. The van der Waals surface area contributed by atoms with Crippen molar-refractivity contribution in [2.75, 3.05) is 11.4 Å². The van der Waals surface area contributed by atoms with Gasteiger partial charge in [-0.05, 0) is 24.6 Å². The molecule has 0 atom stereocenters. The van der Waals surface area contributed by atoms with Gasteiger partial charge in [-0.25, -0.2) is 5.87 Å². The average molecular weight is 505 g/mol. The lowest BCUT2D eigenvalue weighted by molar-refractivity contribution is -0.678. The first-order valence-corrected chi connectivity index (χ1v) is 13.0. The van der Waals surface area contributed by atoms with Gasteiger partial charge in [0.25, 0.3) is 5.52 Å². The van der Waals surface area contributed by atoms with Crippen molar-refractivity contribution in [1.82, 2.24) is 0 Å². The molecule has 0 N–H and O–H groups in total. The molecule has 2 aromatic carbocycles. The molecule has 0 bridgehead atoms. The molecule has 1 aromatic heterocycles. The Morgan fingerprint density at radius 1 is 1.08 bits per heavy atom. The molecule has 1 aliphatic carbocycles. The van der Waals surface area contributed by atoms with Gasteiger partial charge in [0.05, 0.1) is 17.3 Å². The minimum atomic E-state index is -0.256. The predicted molar refractivity (Wildman–Crippen MR) is 146 cm³/mol. The summed E-state index contributed by atoms with van der Waals surface area (Å²) in [6, 6.07) is 17.4. The Morgan fingerprint density at radius 2 is 1.84 bits per heavy atom. The zero-order valence-electron chi connectivity index (χ0n) is 21.5. The number of ketones is 1. The Morgan fingerprint density at radius 3 is 2.61 bits per heavy atom. The Balaban J connectivity index is 1.62. The van der Waals surface area contributed by atoms with Crippen LogP contribution in [0.1, 0.15) is 45.4 Å². The quantitative estimate of drug-likeness (QED) is 0.154. The van der Waals surface area contributed by atoms with E-state index in [9.17, 15) is 15.5 Å². The van der Waals surface area contributed by atoms with Crippen molar-refractivity contribution in [2.45, 2.75) is 46.1 Å². The van der Waals surface area contributed by atoms with Crippen molar-refractivity contribution in [2.24, 2.45) is 0 Å². The number of Topliss-reactive ketones (excluding diaryl/α,β-unsaturated/α-hetero) is 1. The molecule has 7 nitrogen and oxygen atoms in total. The molecule has 1 aliphatic heterocycles. The van der Waals surface area contributed by atoms with Crippen LogP contribution < -0.4 is 14.2 Å². The molecule has 7 heteroatoms. The maximum absolute atomic E-state index is 13.5. The maximum atomic E-state index is 13.5. The molecular formula is C31H28N4O3. The Bertz CT molecular complexity index is 1610. The largest absolute Gasteiger partial charge is 0.762 e. The van der Waals surface area contributed by atoms with E-state index in [1.165, 1.54) is 0 Å². The first kappa shape index (κ1) is 25.0. The van der Waals surface area contributed by atoms with Crippen LogP contribution in [0.15, 0.2) is 87.2 Å². The highest BCUT2D eigenvalue weighted by Crippen LogP contribution is 2.42. The number of allylic oxidation sites excluding steroid dienone is 5. The summed E-state index contributed by atoms with van der Waals surface area (Å²) in [6.07, 6.45) is 7.20. The van der Waals surface area contributed by atoms with Gasteiger partial charge in [0.15, 0.2) is 18.1 Å². The number of carbonyl (C=O) groups excluding carboxylic acids is 1. The molecule has 0 spiro atoms. The smallest absolute Gasteiger partial charge is 0.374 e. The van der Waals surface area contributed by atoms with Crippen LogP contribution in [0.3, 0.4) is 0 Å². The third kappa shape index (κ3) is 4.36. The number of hydrogen-bond acceptors (Lipinski definition) is 5. The number of para-hydroxylation sites is 4. The van der Waals surface area contributed by atoms with Gasteiger partial charge in [-0.1, -0.05) is 51.0 Å². The fourth-order valence-corrected chi connectivity index (χ4v) is 4.80. The van der Waals surface area contributed by atoms with Crippen molar-refractivity contribution < 1.29 is 18.5 Å². The minimum Gasteiger partial charge on any atom is -0.762 e. The number of benzene rings is 2. The molecule has 3 aromatic rings. The summed E-state index contributed by atoms with van der Waals surface area (Å²) in [4.78, 5) is 15.5. The lowest BCUT2D eigenvalue weighted by atomic mass is 9.77. The molecule has 2 heterocycles. The molecule has 190 valence electrons. The Labute approximate surface area is 221 Å². The fraction of sp³-hybridized carbons (Fsp3) is 0.258. The number of aryl methyl sites for hydroxylation is 1. The zero-order valence-corrected chi connectivity index (χ0v) is 21.5. The van der Waals surface area contributed by atoms with E-state index in [0.29, 0.717) is 28.7 Å². The number of ether oxygens (including phenoxy) is 1. The van der Waals surface area contributed by atoms with Crippen molar-refractivity contribution in [3.8, 4) is 11.8 Å². The first-order valence-electron chi connectivity index (χ1n) is 13.0. The van der Waals surface area contributed by atoms with Crippen LogP contribution >= 0.6 is 0 Å². The third-order valence-electron chi connectivity index (χ3n) is 6.78. The second-order valence-electron chi connectivity index (χ2n) is 9.25. The number of carbonyl (C=O) groups is 1. The van der Waals surface area contributed by atoms with Crippen LogP contribution in [0.2, 0.25) is 0 Å². The van der Waals surface area contributed by atoms with Gasteiger partial charge in [0, 0.05) is 41.8 Å². The summed E-state index contributed by atoms with van der Waals surface area (Å²) < 4.78 is 14.3. The standard InChI is InChI=1S/C31H28N4O3/c1-3-5-15-34-24-11-7-9-13-26(24)37-28(34)17-22-30(21(19-32)20-33)23(31(22)36)18-29-35(16-6-4-2)25-12-8-10-14-27(25)38-29/h7-14,17-18H,3-6,15-16H2,1-2H3. The molecule has 5 rings (SSSR count). The molecule has 0 fully saturated rings. The van der Waals surface area contributed by atoms with Gasteiger partial charge in [-0.3, -0.25) is 4.79 Å². The van der Waals surface area contributed by atoms with Crippen LogP contribution in [0.5, 0.6) is 5.75 Å². The molecule has 0 amide bonds. The van der Waals surface area contributed by atoms with E-state index >= 15 is 0 Å². The summed E-state index contributed by atoms with van der Waals surface area (Å²) in [7, 11) is 0. The summed E-state index contributed by atoms with van der Waals surface area (Å²) in [6.45, 7) is 5.68. The number of fused-ring (bicyclic) bond motifs is 2. The summed E-state index contributed by atoms with van der Waals surface area (Å²) >= 11 is 0. The summed E-state index contributed by atoms with van der Waals surface area (Å²) in [5, 5.41) is 19.5. The van der Waals surface area contributed by atoms with Gasteiger partial charge in [0.2, 0.25) is 11.5 Å². The number of rotatable bonds is 9. The minimum absolute atomic E-state index is 0.116. The van der Waals surface area contributed by atoms with Gasteiger partial charge in [0.1, 0.15) is 6.07 Å². The van der Waals surface area contributed by atoms with E-state index in [0.717, 1.165) is 50.0 Å². The topological polar surface area (TPSA) is 92.6 Å². The van der Waals surface area contributed by atoms with Crippen molar-refractivity contribution >= 4 is 34.5 Å². The fourth-order valence-electron chi connectivity index (χ4n) is 4.80. The molecule has 0 radical (unpaired) electrons. The zero-order chi connectivity index (χ0) is 26.6. The van der Waals surface area contributed by atoms with Gasteiger partial charge >= 0.3 is 5.89 Å². The predicted octanol–water partition coefficient (Wildman–Crippen LogP) is 6.01. The van der Waals surface area contributed by atoms with Gasteiger partial charge in [-0.2, -0.15) is 9.83 Å². The monoisotopic (exact) mass is 504 g/mol. The van der Waals surface area contributed by atoms with Crippen molar-refractivity contribution in [3.05, 3.63) is 94.1 Å². The highest BCUT2D eigenvalue weighted by atomic mass is 16.5. The molecule has 0 unspecified atom stereocenters. The number of aromatic nitrogens is 1. The molecule has 0 saturated carbocycles. The van der Waals surface area contributed by atoms with E-state index in [1.807, 2.05) is 69.9 Å². The number of nitriles is 1. The molecule has 38 heavy (non-hydrogen) atoms. The second-order valence-corrected chi connectivity index (χ2v) is 9.25. The number of anilines is 1. The van der Waals surface area contributed by atoms with Crippen LogP contribution in [0.4, 0.5) is 5.69 Å². The lowest BCUT2D eigenvalue weighted by Crippen LogP contribution is -2.36. The Hall–Kier alpha value is -4.66. The lowest BCUT2D eigenvalue weighted by Gasteiger charge is -2.24. The number of oxazole rings is 1. The third-order valence-corrected chi connectivity index (χ3v) is 6.78. The van der Waals surface area contributed by atoms with Gasteiger partial charge in [-0.15, -0.1) is 0 Å². The maximum Gasteiger partial charge on any atom is 0.374 e. The van der Waals surface area contributed by atoms with Crippen LogP contribution in [-0.4, -0.2) is 18.2 Å². The van der Waals surface area contributed by atoms with Crippen molar-refractivity contribution in [3.63, 3.8) is 0 Å².